The number of imidazole rings is 1. The smallest absolute Gasteiger partial charge is 0.408 e. The standard InChI is InChI=1S/C24H35N5O3/c1-24(2,3)32-23(31)27-21(22(30)26-19-10-12-28(4)13-11-19)14-20-16-29(17-25-20)15-18-8-6-5-7-9-18/h5-9,16-17,19,21H,10-15H2,1-4H3,(H,26,30)(H,27,31). The number of carbonyl (C=O) groups is 2. The largest absolute Gasteiger partial charge is 0.444 e. The van der Waals surface area contributed by atoms with Crippen molar-refractivity contribution < 1.29 is 14.3 Å². The van der Waals surface area contributed by atoms with E-state index in [9.17, 15) is 9.59 Å². The van der Waals surface area contributed by atoms with Gasteiger partial charge >= 0.3 is 6.09 Å². The Morgan fingerprint density at radius 3 is 2.53 bits per heavy atom. The van der Waals surface area contributed by atoms with Gasteiger partial charge in [0.15, 0.2) is 0 Å². The van der Waals surface area contributed by atoms with Gasteiger partial charge in [0.05, 0.1) is 12.0 Å². The Morgan fingerprint density at radius 1 is 1.19 bits per heavy atom. The third-order valence-corrected chi connectivity index (χ3v) is 5.38. The van der Waals surface area contributed by atoms with E-state index in [-0.39, 0.29) is 11.9 Å². The van der Waals surface area contributed by atoms with Crippen molar-refractivity contribution in [3.05, 3.63) is 54.1 Å². The molecule has 2 heterocycles. The monoisotopic (exact) mass is 441 g/mol. The second-order valence-electron chi connectivity index (χ2n) is 9.51. The Labute approximate surface area is 190 Å². The Morgan fingerprint density at radius 2 is 1.88 bits per heavy atom. The summed E-state index contributed by atoms with van der Waals surface area (Å²) in [5.41, 5.74) is 1.26. The van der Waals surface area contributed by atoms with E-state index < -0.39 is 17.7 Å². The molecule has 0 spiro atoms. The summed E-state index contributed by atoms with van der Waals surface area (Å²) < 4.78 is 7.36. The van der Waals surface area contributed by atoms with Crippen LogP contribution in [0.3, 0.4) is 0 Å². The van der Waals surface area contributed by atoms with Crippen molar-refractivity contribution in [2.24, 2.45) is 0 Å². The molecule has 32 heavy (non-hydrogen) atoms. The lowest BCUT2D eigenvalue weighted by molar-refractivity contribution is -0.124. The molecule has 1 unspecified atom stereocenters. The van der Waals surface area contributed by atoms with Crippen LogP contribution in [0.5, 0.6) is 0 Å². The number of aromatic nitrogens is 2. The molecule has 1 atom stereocenters. The fraction of sp³-hybridized carbons (Fsp3) is 0.542. The van der Waals surface area contributed by atoms with Crippen LogP contribution in [-0.4, -0.2) is 64.3 Å². The zero-order chi connectivity index (χ0) is 23.1. The van der Waals surface area contributed by atoms with Gasteiger partial charge in [0.25, 0.3) is 0 Å². The van der Waals surface area contributed by atoms with Gasteiger partial charge in [0, 0.05) is 25.2 Å². The summed E-state index contributed by atoms with van der Waals surface area (Å²) >= 11 is 0. The van der Waals surface area contributed by atoms with Crippen molar-refractivity contribution >= 4 is 12.0 Å². The minimum absolute atomic E-state index is 0.109. The molecule has 2 aromatic rings. The maximum Gasteiger partial charge on any atom is 0.408 e. The predicted octanol–water partition coefficient (Wildman–Crippen LogP) is 2.58. The van der Waals surface area contributed by atoms with E-state index in [1.165, 1.54) is 5.56 Å². The second-order valence-corrected chi connectivity index (χ2v) is 9.51. The molecule has 1 aromatic heterocycles. The number of amides is 2. The Bertz CT molecular complexity index is 883. The molecule has 0 bridgehead atoms. The molecule has 1 aliphatic heterocycles. The van der Waals surface area contributed by atoms with E-state index in [1.807, 2.05) is 29.0 Å². The number of nitrogens with one attached hydrogen (secondary N) is 2. The molecule has 1 saturated heterocycles. The molecule has 8 heteroatoms. The highest BCUT2D eigenvalue weighted by molar-refractivity contribution is 5.86. The highest BCUT2D eigenvalue weighted by Gasteiger charge is 2.28. The summed E-state index contributed by atoms with van der Waals surface area (Å²) in [5.74, 6) is -0.206. The van der Waals surface area contributed by atoms with Crippen LogP contribution in [-0.2, 0) is 22.5 Å². The number of likely N-dealkylation sites (tertiary alicyclic amines) is 1. The molecule has 2 amide bonds. The van der Waals surface area contributed by atoms with E-state index in [0.29, 0.717) is 13.0 Å². The third-order valence-electron chi connectivity index (χ3n) is 5.38. The molecule has 3 rings (SSSR count). The van der Waals surface area contributed by atoms with Gasteiger partial charge in [-0.25, -0.2) is 9.78 Å². The molecule has 174 valence electrons. The van der Waals surface area contributed by atoms with Gasteiger partial charge in [-0.15, -0.1) is 0 Å². The summed E-state index contributed by atoms with van der Waals surface area (Å²) in [5, 5.41) is 5.85. The number of alkyl carbamates (subject to hydrolysis) is 1. The summed E-state index contributed by atoms with van der Waals surface area (Å²) in [6.45, 7) is 7.97. The third kappa shape index (κ3) is 7.67. The zero-order valence-electron chi connectivity index (χ0n) is 19.5. The lowest BCUT2D eigenvalue weighted by Crippen LogP contribution is -2.53. The predicted molar refractivity (Wildman–Crippen MR) is 123 cm³/mol. The van der Waals surface area contributed by atoms with Gasteiger partial charge in [-0.3, -0.25) is 4.79 Å². The fourth-order valence-electron chi connectivity index (χ4n) is 3.72. The van der Waals surface area contributed by atoms with Crippen molar-refractivity contribution in [1.82, 2.24) is 25.1 Å². The van der Waals surface area contributed by atoms with Gasteiger partial charge in [-0.05, 0) is 59.3 Å². The minimum atomic E-state index is -0.760. The molecular formula is C24H35N5O3. The van der Waals surface area contributed by atoms with Crippen LogP contribution in [0.15, 0.2) is 42.9 Å². The van der Waals surface area contributed by atoms with E-state index in [1.54, 1.807) is 27.1 Å². The lowest BCUT2D eigenvalue weighted by Gasteiger charge is -2.31. The van der Waals surface area contributed by atoms with E-state index in [4.69, 9.17) is 4.74 Å². The minimum Gasteiger partial charge on any atom is -0.444 e. The molecule has 8 nitrogen and oxygen atoms in total. The second kappa shape index (κ2) is 10.6. The SMILES string of the molecule is CN1CCC(NC(=O)C(Cc2cn(Cc3ccccc3)cn2)NC(=O)OC(C)(C)C)CC1. The quantitative estimate of drug-likeness (QED) is 0.690. The lowest BCUT2D eigenvalue weighted by atomic mass is 10.0. The number of piperidine rings is 1. The van der Waals surface area contributed by atoms with E-state index >= 15 is 0 Å². The molecule has 1 aliphatic rings. The van der Waals surface area contributed by atoms with Gasteiger partial charge in [-0.1, -0.05) is 30.3 Å². The fourth-order valence-corrected chi connectivity index (χ4v) is 3.72. The molecule has 2 N–H and O–H groups in total. The number of nitrogens with zero attached hydrogens (tertiary/aromatic N) is 3. The Kier molecular flexibility index (Phi) is 7.90. The summed E-state index contributed by atoms with van der Waals surface area (Å²) in [6, 6.07) is 9.45. The van der Waals surface area contributed by atoms with Crippen LogP contribution in [0, 0.1) is 0 Å². The van der Waals surface area contributed by atoms with Crippen molar-refractivity contribution in [2.75, 3.05) is 20.1 Å². The van der Waals surface area contributed by atoms with Crippen molar-refractivity contribution in [1.29, 1.82) is 0 Å². The van der Waals surface area contributed by atoms with Crippen LogP contribution in [0.25, 0.3) is 0 Å². The maximum atomic E-state index is 13.1. The van der Waals surface area contributed by atoms with Crippen molar-refractivity contribution in [3.8, 4) is 0 Å². The van der Waals surface area contributed by atoms with Crippen LogP contribution >= 0.6 is 0 Å². The van der Waals surface area contributed by atoms with E-state index in [0.717, 1.165) is 31.6 Å². The van der Waals surface area contributed by atoms with Crippen LogP contribution < -0.4 is 10.6 Å². The summed E-state index contributed by atoms with van der Waals surface area (Å²) in [4.78, 5) is 32.2. The average molecular weight is 442 g/mol. The summed E-state index contributed by atoms with van der Waals surface area (Å²) in [6.07, 6.45) is 5.14. The molecule has 0 radical (unpaired) electrons. The van der Waals surface area contributed by atoms with Gasteiger partial charge in [-0.2, -0.15) is 0 Å². The van der Waals surface area contributed by atoms with Gasteiger partial charge in [0.1, 0.15) is 11.6 Å². The van der Waals surface area contributed by atoms with Crippen molar-refractivity contribution in [2.45, 2.75) is 64.3 Å². The summed E-state index contributed by atoms with van der Waals surface area (Å²) in [7, 11) is 2.08. The molecule has 1 aromatic carbocycles. The molecule has 0 saturated carbocycles. The molecule has 1 fully saturated rings. The zero-order valence-corrected chi connectivity index (χ0v) is 19.5. The number of hydrogen-bond acceptors (Lipinski definition) is 5. The van der Waals surface area contributed by atoms with Crippen LogP contribution in [0.4, 0.5) is 4.79 Å². The molecule has 0 aliphatic carbocycles. The number of carbonyl (C=O) groups excluding carboxylic acids is 2. The van der Waals surface area contributed by atoms with Crippen molar-refractivity contribution in [3.63, 3.8) is 0 Å². The molecular weight excluding hydrogens is 406 g/mol. The van der Waals surface area contributed by atoms with E-state index in [2.05, 4.69) is 39.7 Å². The van der Waals surface area contributed by atoms with Crippen LogP contribution in [0.1, 0.15) is 44.9 Å². The highest BCUT2D eigenvalue weighted by Crippen LogP contribution is 2.12. The topological polar surface area (TPSA) is 88.5 Å². The normalized spacial score (nSPS) is 16.4. The Balaban J connectivity index is 1.66. The number of benzene rings is 1. The first-order chi connectivity index (χ1) is 15.2. The maximum absolute atomic E-state index is 13.1. The van der Waals surface area contributed by atoms with Crippen LogP contribution in [0.2, 0.25) is 0 Å². The first-order valence-corrected chi connectivity index (χ1v) is 11.2. The van der Waals surface area contributed by atoms with Gasteiger partial charge in [0.2, 0.25) is 5.91 Å². The first-order valence-electron chi connectivity index (χ1n) is 11.2. The first kappa shape index (κ1) is 23.8. The number of ether oxygens (including phenoxy) is 1. The Hall–Kier alpha value is -2.87. The number of hydrogen-bond donors (Lipinski definition) is 2. The van der Waals surface area contributed by atoms with Gasteiger partial charge < -0.3 is 24.8 Å². The highest BCUT2D eigenvalue weighted by atomic mass is 16.6. The number of rotatable bonds is 7. The average Bonchev–Trinajstić information content (AvgIpc) is 3.15.